The lowest BCUT2D eigenvalue weighted by Gasteiger charge is -2.30. The number of thiophene rings is 1. The van der Waals surface area contributed by atoms with Gasteiger partial charge in [-0.05, 0) is 44.1 Å². The van der Waals surface area contributed by atoms with Crippen LogP contribution in [0.2, 0.25) is 0 Å². The molecular formula is C23H37NO2S. The Hall–Kier alpha value is -1.39. The van der Waals surface area contributed by atoms with Crippen molar-refractivity contribution in [3.8, 4) is 0 Å². The minimum atomic E-state index is -0.176. The van der Waals surface area contributed by atoms with E-state index in [0.717, 1.165) is 25.7 Å². The molecule has 1 amide bonds. The predicted octanol–water partition coefficient (Wildman–Crippen LogP) is 6.30. The lowest BCUT2D eigenvalue weighted by Crippen LogP contribution is -2.41. The van der Waals surface area contributed by atoms with Crippen molar-refractivity contribution in [1.82, 2.24) is 5.32 Å². The summed E-state index contributed by atoms with van der Waals surface area (Å²) < 4.78 is 5.77. The number of allylic oxidation sites excluding steroid dienone is 3. The van der Waals surface area contributed by atoms with Gasteiger partial charge in [-0.1, -0.05) is 63.5 Å². The smallest absolute Gasteiger partial charge is 0.225 e. The SMILES string of the molecule is CC=CC(=CC)CC(NC(=O)C(C)C(OC)C(CC)CCC)c1cccs1. The molecule has 0 aromatic carbocycles. The zero-order valence-electron chi connectivity index (χ0n) is 17.8. The minimum absolute atomic E-state index is 0.00823. The number of hydrogen-bond acceptors (Lipinski definition) is 3. The molecule has 1 rings (SSSR count). The second-order valence-electron chi connectivity index (χ2n) is 7.09. The van der Waals surface area contributed by atoms with Gasteiger partial charge in [-0.15, -0.1) is 11.3 Å². The van der Waals surface area contributed by atoms with Crippen molar-refractivity contribution >= 4 is 17.2 Å². The second-order valence-corrected chi connectivity index (χ2v) is 8.07. The van der Waals surface area contributed by atoms with Crippen LogP contribution in [0, 0.1) is 11.8 Å². The fourth-order valence-corrected chi connectivity index (χ4v) is 4.45. The third-order valence-electron chi connectivity index (χ3n) is 5.22. The zero-order chi connectivity index (χ0) is 20.2. The first kappa shape index (κ1) is 23.6. The first-order valence-electron chi connectivity index (χ1n) is 10.2. The standard InChI is InChI=1S/C23H37NO2S/c1-7-12-18(9-3)16-20(21-14-11-15-27-21)24-23(25)17(5)22(26-6)19(10-4)13-8-2/h7,9,11-12,14-15,17,19-20,22H,8,10,13,16H2,1-6H3,(H,24,25). The van der Waals surface area contributed by atoms with Gasteiger partial charge in [0.15, 0.2) is 0 Å². The highest BCUT2D eigenvalue weighted by Gasteiger charge is 2.31. The normalized spacial score (nSPS) is 16.9. The molecule has 4 heteroatoms. The Labute approximate surface area is 169 Å². The van der Waals surface area contributed by atoms with Crippen LogP contribution < -0.4 is 5.32 Å². The van der Waals surface area contributed by atoms with Crippen LogP contribution in [-0.4, -0.2) is 19.1 Å². The van der Waals surface area contributed by atoms with Gasteiger partial charge < -0.3 is 10.1 Å². The average molecular weight is 392 g/mol. The van der Waals surface area contributed by atoms with E-state index in [1.54, 1.807) is 18.4 Å². The van der Waals surface area contributed by atoms with Crippen LogP contribution in [0.15, 0.2) is 41.3 Å². The van der Waals surface area contributed by atoms with Crippen LogP contribution in [0.3, 0.4) is 0 Å². The van der Waals surface area contributed by atoms with E-state index in [1.165, 1.54) is 10.5 Å². The lowest BCUT2D eigenvalue weighted by atomic mass is 9.86. The van der Waals surface area contributed by atoms with Crippen molar-refractivity contribution in [2.75, 3.05) is 7.11 Å². The number of rotatable bonds is 12. The van der Waals surface area contributed by atoms with Crippen LogP contribution in [0.5, 0.6) is 0 Å². The van der Waals surface area contributed by atoms with E-state index in [4.69, 9.17) is 4.74 Å². The van der Waals surface area contributed by atoms with Gasteiger partial charge in [0.25, 0.3) is 0 Å². The van der Waals surface area contributed by atoms with Gasteiger partial charge in [0.2, 0.25) is 5.91 Å². The largest absolute Gasteiger partial charge is 0.380 e. The van der Waals surface area contributed by atoms with Crippen molar-refractivity contribution in [2.45, 2.75) is 72.4 Å². The van der Waals surface area contributed by atoms with Crippen LogP contribution in [-0.2, 0) is 9.53 Å². The molecule has 0 saturated heterocycles. The van der Waals surface area contributed by atoms with E-state index in [0.29, 0.717) is 5.92 Å². The third-order valence-corrected chi connectivity index (χ3v) is 6.21. The summed E-state index contributed by atoms with van der Waals surface area (Å²) in [6.07, 6.45) is 10.2. The maximum Gasteiger partial charge on any atom is 0.225 e. The summed E-state index contributed by atoms with van der Waals surface area (Å²) in [5.74, 6) is 0.311. The highest BCUT2D eigenvalue weighted by molar-refractivity contribution is 7.10. The van der Waals surface area contributed by atoms with Crippen molar-refractivity contribution in [3.63, 3.8) is 0 Å². The molecule has 1 N–H and O–H groups in total. The molecule has 152 valence electrons. The Bertz CT molecular complexity index is 592. The van der Waals surface area contributed by atoms with E-state index in [-0.39, 0.29) is 24.0 Å². The molecule has 4 atom stereocenters. The van der Waals surface area contributed by atoms with Crippen molar-refractivity contribution < 1.29 is 9.53 Å². The Balaban J connectivity index is 2.94. The van der Waals surface area contributed by atoms with Crippen molar-refractivity contribution in [3.05, 3.63) is 46.2 Å². The predicted molar refractivity (Wildman–Crippen MR) is 117 cm³/mol. The molecule has 0 radical (unpaired) electrons. The number of nitrogens with one attached hydrogen (secondary N) is 1. The first-order chi connectivity index (χ1) is 13.0. The van der Waals surface area contributed by atoms with Crippen LogP contribution >= 0.6 is 11.3 Å². The Morgan fingerprint density at radius 1 is 1.33 bits per heavy atom. The van der Waals surface area contributed by atoms with Crippen LogP contribution in [0.4, 0.5) is 0 Å². The zero-order valence-corrected chi connectivity index (χ0v) is 18.6. The Morgan fingerprint density at radius 3 is 2.56 bits per heavy atom. The minimum Gasteiger partial charge on any atom is -0.380 e. The maximum atomic E-state index is 13.1. The van der Waals surface area contributed by atoms with Gasteiger partial charge >= 0.3 is 0 Å². The molecule has 1 aromatic rings. The molecule has 3 nitrogen and oxygen atoms in total. The number of hydrogen-bond donors (Lipinski definition) is 1. The molecule has 1 aromatic heterocycles. The Kier molecular flexibility index (Phi) is 11.3. The van der Waals surface area contributed by atoms with Crippen LogP contribution in [0.1, 0.15) is 71.2 Å². The fourth-order valence-electron chi connectivity index (χ4n) is 3.67. The fraction of sp³-hybridized carbons (Fsp3) is 0.609. The lowest BCUT2D eigenvalue weighted by molar-refractivity contribution is -0.131. The highest BCUT2D eigenvalue weighted by Crippen LogP contribution is 2.28. The number of ether oxygens (including phenoxy) is 1. The Morgan fingerprint density at radius 2 is 2.07 bits per heavy atom. The van der Waals surface area contributed by atoms with Gasteiger partial charge in [0.1, 0.15) is 0 Å². The monoisotopic (exact) mass is 391 g/mol. The topological polar surface area (TPSA) is 38.3 Å². The first-order valence-corrected chi connectivity index (χ1v) is 11.0. The van der Waals surface area contributed by atoms with E-state index in [9.17, 15) is 4.79 Å². The molecule has 27 heavy (non-hydrogen) atoms. The summed E-state index contributed by atoms with van der Waals surface area (Å²) in [4.78, 5) is 14.3. The number of carbonyl (C=O) groups excluding carboxylic acids is 1. The van der Waals surface area contributed by atoms with Crippen molar-refractivity contribution in [1.29, 1.82) is 0 Å². The molecule has 4 unspecified atom stereocenters. The van der Waals surface area contributed by atoms with Gasteiger partial charge in [0.05, 0.1) is 18.1 Å². The molecule has 0 fully saturated rings. The number of carbonyl (C=O) groups is 1. The number of amides is 1. The van der Waals surface area contributed by atoms with E-state index in [1.807, 2.05) is 32.9 Å². The van der Waals surface area contributed by atoms with Gasteiger partial charge in [-0.25, -0.2) is 0 Å². The quantitative estimate of drug-likeness (QED) is 0.425. The van der Waals surface area contributed by atoms with Gasteiger partial charge in [0, 0.05) is 12.0 Å². The average Bonchev–Trinajstić information content (AvgIpc) is 3.21. The van der Waals surface area contributed by atoms with E-state index < -0.39 is 0 Å². The van der Waals surface area contributed by atoms with Gasteiger partial charge in [-0.3, -0.25) is 4.79 Å². The van der Waals surface area contributed by atoms with E-state index >= 15 is 0 Å². The number of methoxy groups -OCH3 is 1. The van der Waals surface area contributed by atoms with Crippen LogP contribution in [0.25, 0.3) is 0 Å². The summed E-state index contributed by atoms with van der Waals surface area (Å²) in [5, 5.41) is 5.36. The third kappa shape index (κ3) is 7.27. The molecule has 0 bridgehead atoms. The molecule has 0 spiro atoms. The molecule has 0 aliphatic heterocycles. The van der Waals surface area contributed by atoms with Crippen molar-refractivity contribution in [2.24, 2.45) is 11.8 Å². The summed E-state index contributed by atoms with van der Waals surface area (Å²) in [7, 11) is 1.73. The summed E-state index contributed by atoms with van der Waals surface area (Å²) in [5.41, 5.74) is 1.23. The molecule has 0 saturated carbocycles. The summed E-state index contributed by atoms with van der Waals surface area (Å²) in [6.45, 7) is 10.4. The molecule has 0 aliphatic carbocycles. The molecular weight excluding hydrogens is 354 g/mol. The highest BCUT2D eigenvalue weighted by atomic mass is 32.1. The summed E-state index contributed by atoms with van der Waals surface area (Å²) >= 11 is 1.69. The van der Waals surface area contributed by atoms with Gasteiger partial charge in [-0.2, -0.15) is 0 Å². The second kappa shape index (κ2) is 12.9. The molecule has 0 aliphatic rings. The maximum absolute atomic E-state index is 13.1. The van der Waals surface area contributed by atoms with E-state index in [2.05, 4.69) is 42.8 Å². The molecule has 1 heterocycles. The summed E-state index contributed by atoms with van der Waals surface area (Å²) in [6, 6.07) is 4.13.